The van der Waals surface area contributed by atoms with E-state index in [9.17, 15) is 102 Å². The van der Waals surface area contributed by atoms with Gasteiger partial charge < -0.3 is 139 Å². The zero-order chi connectivity index (χ0) is 94.6. The normalized spacial score (nSPS) is 19.7. The number of primary amides is 1. The molecule has 700 valence electrons. The molecule has 0 spiro atoms. The molecule has 3 rings (SSSR count). The number of carboxylic acids is 2. The second-order valence-corrected chi connectivity index (χ2v) is 33.5. The van der Waals surface area contributed by atoms with Gasteiger partial charge in [0.2, 0.25) is 94.5 Å². The van der Waals surface area contributed by atoms with Crippen LogP contribution in [0.25, 0.3) is 0 Å². The first-order valence-corrected chi connectivity index (χ1v) is 43.3. The van der Waals surface area contributed by atoms with Crippen LogP contribution in [0.3, 0.4) is 0 Å². The summed E-state index contributed by atoms with van der Waals surface area (Å²) < 4.78 is 0. The SMILES string of the molecule is CC[C@H](C)[C@H](NC(=O)[C@H](CCCNC(=N)N)NC(=O)[C@H](CC(C)C)NC(=O)[C@@H](N)Cc1ccc(O)cc1)C(=O)N[C@H](C(=O)N[C@@H](CCC(N)=O)C(=O)NC1CSSC[C@@H](C(=O)NCC(=O)N[C@@H](Cc2ccccc2)C(=O)O)NC(=O)C(CO)NC(=O)CNC(=O)[C@H](CCC(=O)O)NC(=O)C(C(C)C)NC(=O)[C@H](CO)NC(=O)C(CCCNC(=N)N)NC1=O)C(C)C. The van der Waals surface area contributed by atoms with Crippen LogP contribution in [0.5, 0.6) is 5.75 Å². The van der Waals surface area contributed by atoms with Gasteiger partial charge in [0.1, 0.15) is 84.3 Å². The van der Waals surface area contributed by atoms with Crippen LogP contribution in [0.15, 0.2) is 54.6 Å². The van der Waals surface area contributed by atoms with E-state index in [1.54, 1.807) is 70.2 Å². The number of aromatic hydroxyl groups is 1. The third-order valence-electron chi connectivity index (χ3n) is 19.4. The summed E-state index contributed by atoms with van der Waals surface area (Å²) in [6, 6.07) is -9.07. The molecule has 1 aliphatic rings. The fourth-order valence-electron chi connectivity index (χ4n) is 12.2. The monoisotopic (exact) mass is 1810 g/mol. The lowest BCUT2D eigenvalue weighted by Crippen LogP contribution is -2.62. The molecular formula is C78H123N23O23S2. The van der Waals surface area contributed by atoms with Crippen molar-refractivity contribution >= 4 is 140 Å². The number of guanidine groups is 2. The molecule has 0 aromatic heterocycles. The van der Waals surface area contributed by atoms with Gasteiger partial charge in [-0.1, -0.05) is 126 Å². The number of nitrogens with one attached hydrogen (secondary N) is 19. The molecule has 0 saturated carbocycles. The zero-order valence-corrected chi connectivity index (χ0v) is 73.1. The minimum Gasteiger partial charge on any atom is -0.508 e. The van der Waals surface area contributed by atoms with Crippen LogP contribution in [-0.4, -0.2) is 279 Å². The standard InChI is InChI=1S/C78H123N23O23S2/c1-9-41(8)62(101-68(115)47(18-14-28-86-78(83)84)91-69(116)50(29-38(2)3)95-63(110)45(79)30-43-19-21-44(104)22-20-43)75(122)100-61(40(6)7)74(121)94-49(23-25-56(80)105)67(114)98-55-37-126-125-36-54(65(112)88-32-57(106)89-51(76(123)124)31-42-15-11-10-12-16-42)97-70(117)52(34-102)90-58(107)33-87-64(111)48(24-26-59(108)109)93-73(120)60(39(4)5)99-71(118)53(35-103)96-66(113)46(92-72(55)119)17-13-27-85-77(81)82/h10-12,15-16,19-22,38-41,45-55,60-62,102-104H,9,13-14,17-18,23-37,79H2,1-8H3,(H2,80,105)(H,87,111)(H,88,112)(H,89,106)(H,90,107)(H,91,116)(H,92,119)(H,93,120)(H,94,121)(H,95,110)(H,96,113)(H,97,117)(H,98,114)(H,99,118)(H,100,122)(H,101,115)(H,108,109)(H,123,124)(H4,81,82,85)(H4,83,84,86)/t41-,45-,46?,47-,48-,49-,50-,51-,52?,53-,54-,55?,60?,61-,62-/m0/s1. The fraction of sp³-hybridized carbons (Fsp3) is 0.590. The Labute approximate surface area is 735 Å². The largest absolute Gasteiger partial charge is 0.508 e. The van der Waals surface area contributed by atoms with Crippen LogP contribution in [0.1, 0.15) is 131 Å². The number of nitrogens with two attached hydrogens (primary N) is 4. The third-order valence-corrected chi connectivity index (χ3v) is 21.8. The van der Waals surface area contributed by atoms with Crippen LogP contribution in [0, 0.1) is 34.5 Å². The molecule has 0 radical (unpaired) electrons. The maximum Gasteiger partial charge on any atom is 0.326 e. The molecule has 126 heavy (non-hydrogen) atoms. The average molecular weight is 1820 g/mol. The molecule has 1 fully saturated rings. The van der Waals surface area contributed by atoms with Gasteiger partial charge in [-0.05, 0) is 98.3 Å². The quantitative estimate of drug-likeness (QED) is 0.0127. The number of aliphatic hydroxyl groups excluding tert-OH is 2. The van der Waals surface area contributed by atoms with Crippen LogP contribution < -0.4 is 113 Å². The van der Waals surface area contributed by atoms with Crippen molar-refractivity contribution in [1.82, 2.24) is 90.4 Å². The van der Waals surface area contributed by atoms with Crippen molar-refractivity contribution < 1.29 is 112 Å². The summed E-state index contributed by atoms with van der Waals surface area (Å²) in [6.45, 7) is 8.28. The van der Waals surface area contributed by atoms with Gasteiger partial charge >= 0.3 is 11.9 Å². The highest BCUT2D eigenvalue weighted by molar-refractivity contribution is 8.76. The number of carbonyl (C=O) groups is 18. The van der Waals surface area contributed by atoms with Gasteiger partial charge in [-0.3, -0.25) is 92.3 Å². The van der Waals surface area contributed by atoms with Crippen LogP contribution in [-0.2, 0) is 99.1 Å². The lowest BCUT2D eigenvalue weighted by molar-refractivity contribution is -0.142. The maximum absolute atomic E-state index is 15.1. The van der Waals surface area contributed by atoms with Crippen molar-refractivity contribution in [3.63, 3.8) is 0 Å². The molecule has 16 amide bonds. The van der Waals surface area contributed by atoms with Gasteiger partial charge in [-0.25, -0.2) is 4.79 Å². The Morgan fingerprint density at radius 3 is 1.64 bits per heavy atom. The van der Waals surface area contributed by atoms with E-state index in [1.807, 2.05) is 0 Å². The van der Waals surface area contributed by atoms with E-state index in [1.165, 1.54) is 39.8 Å². The highest BCUT2D eigenvalue weighted by atomic mass is 33.1. The predicted octanol–water partition coefficient (Wildman–Crippen LogP) is -7.44. The Hall–Kier alpha value is -12.2. The Bertz CT molecular complexity index is 4080. The van der Waals surface area contributed by atoms with Gasteiger partial charge in [-0.2, -0.15) is 0 Å². The molecule has 1 aliphatic heterocycles. The predicted molar refractivity (Wildman–Crippen MR) is 460 cm³/mol. The van der Waals surface area contributed by atoms with E-state index < -0.39 is 291 Å². The molecule has 46 nitrogen and oxygen atoms in total. The molecule has 0 bridgehead atoms. The summed E-state index contributed by atoms with van der Waals surface area (Å²) in [5.41, 5.74) is 24.1. The first-order chi connectivity index (χ1) is 59.4. The number of rotatable bonds is 43. The highest BCUT2D eigenvalue weighted by Crippen LogP contribution is 2.25. The first kappa shape index (κ1) is 108. The zero-order valence-electron chi connectivity index (χ0n) is 71.4. The molecule has 1 heterocycles. The number of aliphatic carboxylic acids is 2. The number of benzene rings is 2. The number of carboxylic acid groups (broad SMARTS) is 2. The maximum atomic E-state index is 15.1. The van der Waals surface area contributed by atoms with Crippen molar-refractivity contribution in [3.05, 3.63) is 65.7 Å². The summed E-state index contributed by atoms with van der Waals surface area (Å²) in [5, 5.41) is 107. The fourth-order valence-corrected chi connectivity index (χ4v) is 14.5. The smallest absolute Gasteiger partial charge is 0.326 e. The molecular weight excluding hydrogens is 1690 g/mol. The van der Waals surface area contributed by atoms with Crippen molar-refractivity contribution in [2.24, 2.45) is 46.6 Å². The van der Waals surface area contributed by atoms with Crippen LogP contribution in [0.4, 0.5) is 0 Å². The number of phenols is 1. The van der Waals surface area contributed by atoms with E-state index in [-0.39, 0.29) is 69.7 Å². The van der Waals surface area contributed by atoms with Gasteiger partial charge in [0, 0.05) is 43.9 Å². The Kier molecular flexibility index (Phi) is 47.9. The van der Waals surface area contributed by atoms with Crippen LogP contribution in [0.2, 0.25) is 0 Å². The van der Waals surface area contributed by atoms with Gasteiger partial charge in [0.15, 0.2) is 11.9 Å². The average Bonchev–Trinajstić information content (AvgIpc) is 0.834. The van der Waals surface area contributed by atoms with Crippen molar-refractivity contribution in [2.75, 3.05) is 50.9 Å². The molecule has 2 aromatic carbocycles. The Morgan fingerprint density at radius 1 is 0.532 bits per heavy atom. The van der Waals surface area contributed by atoms with Crippen molar-refractivity contribution in [1.29, 1.82) is 10.8 Å². The summed E-state index contributed by atoms with van der Waals surface area (Å²) in [6.07, 6.45) is -3.08. The lowest BCUT2D eigenvalue weighted by Gasteiger charge is -2.31. The van der Waals surface area contributed by atoms with Gasteiger partial charge in [0.25, 0.3) is 0 Å². The molecule has 32 N–H and O–H groups in total. The topological polar surface area (TPSA) is 765 Å². The Balaban J connectivity index is 2.22. The summed E-state index contributed by atoms with van der Waals surface area (Å²) in [4.78, 5) is 251. The molecule has 4 unspecified atom stereocenters. The number of hydrogen-bond donors (Lipinski definition) is 28. The number of hydrogen-bond acceptors (Lipinski definition) is 26. The van der Waals surface area contributed by atoms with E-state index in [2.05, 4.69) is 90.4 Å². The van der Waals surface area contributed by atoms with Crippen molar-refractivity contribution in [2.45, 2.75) is 217 Å². The van der Waals surface area contributed by atoms with E-state index in [0.717, 1.165) is 0 Å². The van der Waals surface area contributed by atoms with E-state index in [4.69, 9.17) is 33.8 Å². The number of aliphatic hydroxyl groups is 2. The summed E-state index contributed by atoms with van der Waals surface area (Å²) >= 11 is 0. The summed E-state index contributed by atoms with van der Waals surface area (Å²) in [7, 11) is 1.34. The number of carbonyl (C=O) groups excluding carboxylic acids is 16. The molecule has 1 saturated heterocycles. The first-order valence-electron chi connectivity index (χ1n) is 40.8. The minimum absolute atomic E-state index is 0.0164. The molecule has 0 aliphatic carbocycles. The van der Waals surface area contributed by atoms with Gasteiger partial charge in [0.05, 0.1) is 32.3 Å². The minimum atomic E-state index is -1.96. The third kappa shape index (κ3) is 40.2. The second kappa shape index (κ2) is 55.9. The van der Waals surface area contributed by atoms with Gasteiger partial charge in [-0.15, -0.1) is 0 Å². The summed E-state index contributed by atoms with van der Waals surface area (Å²) in [5.74, 6) is -25.2. The molecule has 2 aromatic rings. The van der Waals surface area contributed by atoms with E-state index >= 15 is 9.59 Å². The molecule has 15 atom stereocenters. The van der Waals surface area contributed by atoms with Crippen LogP contribution >= 0.6 is 21.6 Å². The second-order valence-electron chi connectivity index (χ2n) is 31.0. The number of phenolic OH excluding ortho intramolecular Hbond substituents is 1. The lowest BCUT2D eigenvalue weighted by atomic mass is 9.95. The molecule has 48 heteroatoms. The Morgan fingerprint density at radius 2 is 1.06 bits per heavy atom. The highest BCUT2D eigenvalue weighted by Gasteiger charge is 2.40. The van der Waals surface area contributed by atoms with Crippen molar-refractivity contribution in [3.8, 4) is 5.75 Å². The van der Waals surface area contributed by atoms with E-state index in [0.29, 0.717) is 32.7 Å². The number of amides is 16.